The average Bonchev–Trinajstić information content (AvgIpc) is 3.13. The van der Waals surface area contributed by atoms with Crippen LogP contribution in [-0.4, -0.2) is 31.1 Å². The van der Waals surface area contributed by atoms with E-state index in [1.807, 2.05) is 18.2 Å². The smallest absolute Gasteiger partial charge is 0.312 e. The minimum atomic E-state index is -0.466. The number of hydrogen-bond acceptors (Lipinski definition) is 7. The number of carbonyl (C=O) groups is 2. The number of Topliss-reactive ketones (excluding diaryl/α,β-unsaturated/α-hetero) is 1. The van der Waals surface area contributed by atoms with E-state index in [1.54, 1.807) is 49.6 Å². The summed E-state index contributed by atoms with van der Waals surface area (Å²) in [6.07, 6.45) is 1.68. The molecule has 2 aliphatic rings. The Hall–Kier alpha value is -4.26. The Morgan fingerprint density at radius 1 is 0.970 bits per heavy atom. The van der Waals surface area contributed by atoms with Gasteiger partial charge in [0.05, 0.1) is 26.2 Å². The number of phenols is 1. The maximum absolute atomic E-state index is 13.1. The Morgan fingerprint density at radius 3 is 2.52 bits per heavy atom. The highest BCUT2D eigenvalue weighted by Gasteiger charge is 2.38. The zero-order valence-electron chi connectivity index (χ0n) is 18.0. The third-order valence-corrected chi connectivity index (χ3v) is 5.81. The molecule has 1 atom stereocenters. The van der Waals surface area contributed by atoms with Crippen LogP contribution in [0, 0.1) is 0 Å². The van der Waals surface area contributed by atoms with Gasteiger partial charge in [0.2, 0.25) is 5.78 Å². The van der Waals surface area contributed by atoms with E-state index in [9.17, 15) is 14.7 Å². The van der Waals surface area contributed by atoms with E-state index >= 15 is 0 Å². The summed E-state index contributed by atoms with van der Waals surface area (Å²) in [6.45, 7) is 0. The topological polar surface area (TPSA) is 91.3 Å². The number of allylic oxidation sites excluding steroid dienone is 1. The molecule has 3 aromatic rings. The lowest BCUT2D eigenvalue weighted by atomic mass is 9.84. The van der Waals surface area contributed by atoms with Crippen molar-refractivity contribution >= 4 is 17.8 Å². The molecule has 0 unspecified atom stereocenters. The highest BCUT2D eigenvalue weighted by atomic mass is 16.5. The molecule has 0 saturated carbocycles. The molecule has 0 spiro atoms. The molecule has 7 nitrogen and oxygen atoms in total. The van der Waals surface area contributed by atoms with Crippen molar-refractivity contribution in [2.24, 2.45) is 0 Å². The van der Waals surface area contributed by atoms with Gasteiger partial charge in [0, 0.05) is 17.0 Å². The first-order chi connectivity index (χ1) is 16.0. The van der Waals surface area contributed by atoms with Crippen molar-refractivity contribution < 1.29 is 33.6 Å². The van der Waals surface area contributed by atoms with Crippen LogP contribution < -0.4 is 18.9 Å². The fourth-order valence-electron chi connectivity index (χ4n) is 4.24. The van der Waals surface area contributed by atoms with Crippen molar-refractivity contribution in [1.82, 2.24) is 0 Å². The average molecular weight is 444 g/mol. The summed E-state index contributed by atoms with van der Waals surface area (Å²) < 4.78 is 22.0. The molecular formula is C26H20O7. The van der Waals surface area contributed by atoms with Gasteiger partial charge < -0.3 is 24.1 Å². The van der Waals surface area contributed by atoms with E-state index < -0.39 is 11.9 Å². The molecule has 2 heterocycles. The first-order valence-corrected chi connectivity index (χ1v) is 10.3. The van der Waals surface area contributed by atoms with Gasteiger partial charge in [0.25, 0.3) is 0 Å². The maximum Gasteiger partial charge on any atom is 0.312 e. The van der Waals surface area contributed by atoms with Crippen LogP contribution in [0.4, 0.5) is 0 Å². The summed E-state index contributed by atoms with van der Waals surface area (Å²) in [5.74, 6) is 0.579. The van der Waals surface area contributed by atoms with Crippen LogP contribution in [0.1, 0.15) is 39.4 Å². The zero-order chi connectivity index (χ0) is 23.1. The van der Waals surface area contributed by atoms with Gasteiger partial charge in [0.15, 0.2) is 17.3 Å². The summed E-state index contributed by atoms with van der Waals surface area (Å²) in [7, 11) is 3.02. The number of methoxy groups -OCH3 is 2. The number of rotatable bonds is 4. The van der Waals surface area contributed by atoms with Crippen LogP contribution >= 0.6 is 0 Å². The lowest BCUT2D eigenvalue weighted by Crippen LogP contribution is -2.21. The summed E-state index contributed by atoms with van der Waals surface area (Å²) in [6, 6.07) is 15.5. The second-order valence-electron chi connectivity index (χ2n) is 7.70. The standard InChI is InChI=1S/C26H20O7/c1-30-19-6-4-3-5-15(19)12-22-25(29)16-8-10-21-24(26(16)33-22)17(13-23(28)32-21)14-7-9-20(31-2)18(27)11-14/h3-12,17,27H,13H2,1-2H3/b22-12-/t17-/m1/s1. The number of hydrogen-bond donors (Lipinski definition) is 1. The van der Waals surface area contributed by atoms with Gasteiger partial charge in [-0.05, 0) is 42.0 Å². The minimum absolute atomic E-state index is 0.0400. The minimum Gasteiger partial charge on any atom is -0.504 e. The molecule has 0 amide bonds. The Kier molecular flexibility index (Phi) is 5.01. The van der Waals surface area contributed by atoms with Crippen LogP contribution in [0.15, 0.2) is 60.4 Å². The largest absolute Gasteiger partial charge is 0.504 e. The number of esters is 1. The van der Waals surface area contributed by atoms with Crippen LogP contribution in [-0.2, 0) is 4.79 Å². The molecule has 7 heteroatoms. The van der Waals surface area contributed by atoms with Crippen molar-refractivity contribution in [3.8, 4) is 28.7 Å². The van der Waals surface area contributed by atoms with Gasteiger partial charge >= 0.3 is 5.97 Å². The Balaban J connectivity index is 1.61. The van der Waals surface area contributed by atoms with E-state index in [-0.39, 0.29) is 23.7 Å². The highest BCUT2D eigenvalue weighted by Crippen LogP contribution is 2.49. The Bertz CT molecular complexity index is 1320. The van der Waals surface area contributed by atoms with Crippen molar-refractivity contribution in [2.45, 2.75) is 12.3 Å². The highest BCUT2D eigenvalue weighted by molar-refractivity contribution is 6.15. The number of carbonyl (C=O) groups excluding carboxylic acids is 2. The van der Waals surface area contributed by atoms with Crippen LogP contribution in [0.5, 0.6) is 28.7 Å². The monoisotopic (exact) mass is 444 g/mol. The SMILES string of the molecule is COc1ccc([C@H]2CC(=O)Oc3ccc4c(c32)O/C(=C\c2ccccc2OC)C4=O)cc1O. The Labute approximate surface area is 189 Å². The quantitative estimate of drug-likeness (QED) is 0.361. The van der Waals surface area contributed by atoms with E-state index in [4.69, 9.17) is 18.9 Å². The lowest BCUT2D eigenvalue weighted by molar-refractivity contribution is -0.135. The molecule has 33 heavy (non-hydrogen) atoms. The van der Waals surface area contributed by atoms with E-state index in [0.29, 0.717) is 45.3 Å². The number of ether oxygens (including phenoxy) is 4. The molecule has 0 bridgehead atoms. The first-order valence-electron chi connectivity index (χ1n) is 10.3. The number of benzene rings is 3. The fourth-order valence-corrected chi connectivity index (χ4v) is 4.24. The molecule has 2 aliphatic heterocycles. The number of phenolic OH excluding ortho intramolecular Hbond substituents is 1. The van der Waals surface area contributed by atoms with E-state index in [0.717, 1.165) is 0 Å². The molecule has 0 aromatic heterocycles. The Morgan fingerprint density at radius 2 is 1.76 bits per heavy atom. The molecule has 0 fully saturated rings. The molecule has 5 rings (SSSR count). The summed E-state index contributed by atoms with van der Waals surface area (Å²) in [4.78, 5) is 25.4. The summed E-state index contributed by atoms with van der Waals surface area (Å²) >= 11 is 0. The van der Waals surface area contributed by atoms with Gasteiger partial charge in [-0.2, -0.15) is 0 Å². The zero-order valence-corrected chi connectivity index (χ0v) is 18.0. The van der Waals surface area contributed by atoms with Crippen molar-refractivity contribution in [2.75, 3.05) is 14.2 Å². The van der Waals surface area contributed by atoms with E-state index in [2.05, 4.69) is 0 Å². The third-order valence-electron chi connectivity index (χ3n) is 5.81. The van der Waals surface area contributed by atoms with Gasteiger partial charge in [-0.15, -0.1) is 0 Å². The molecule has 166 valence electrons. The number of fused-ring (bicyclic) bond motifs is 3. The fraction of sp³-hybridized carbons (Fsp3) is 0.154. The molecule has 3 aromatic carbocycles. The van der Waals surface area contributed by atoms with Crippen molar-refractivity contribution in [3.63, 3.8) is 0 Å². The molecule has 1 N–H and O–H groups in total. The lowest BCUT2D eigenvalue weighted by Gasteiger charge is -2.26. The third kappa shape index (κ3) is 3.47. The molecule has 0 saturated heterocycles. The van der Waals surface area contributed by atoms with Gasteiger partial charge in [-0.25, -0.2) is 0 Å². The van der Waals surface area contributed by atoms with Gasteiger partial charge in [0.1, 0.15) is 17.2 Å². The predicted molar refractivity (Wildman–Crippen MR) is 119 cm³/mol. The predicted octanol–water partition coefficient (Wildman–Crippen LogP) is 4.47. The van der Waals surface area contributed by atoms with E-state index in [1.165, 1.54) is 7.11 Å². The van der Waals surface area contributed by atoms with Crippen LogP contribution in [0.25, 0.3) is 6.08 Å². The molecule has 0 aliphatic carbocycles. The molecule has 0 radical (unpaired) electrons. The first kappa shape index (κ1) is 20.6. The van der Waals surface area contributed by atoms with Gasteiger partial charge in [-0.1, -0.05) is 24.3 Å². The summed E-state index contributed by atoms with van der Waals surface area (Å²) in [5, 5.41) is 10.3. The maximum atomic E-state index is 13.1. The summed E-state index contributed by atoms with van der Waals surface area (Å²) in [5.41, 5.74) is 2.36. The second kappa shape index (κ2) is 8.02. The van der Waals surface area contributed by atoms with Crippen LogP contribution in [0.2, 0.25) is 0 Å². The normalized spacial score (nSPS) is 17.8. The van der Waals surface area contributed by atoms with Gasteiger partial charge in [-0.3, -0.25) is 9.59 Å². The number of ketones is 1. The van der Waals surface area contributed by atoms with Crippen molar-refractivity contribution in [1.29, 1.82) is 0 Å². The number of para-hydroxylation sites is 1. The van der Waals surface area contributed by atoms with Crippen LogP contribution in [0.3, 0.4) is 0 Å². The number of aromatic hydroxyl groups is 1. The van der Waals surface area contributed by atoms with Crippen molar-refractivity contribution in [3.05, 3.63) is 82.6 Å². The second-order valence-corrected chi connectivity index (χ2v) is 7.70. The molecular weight excluding hydrogens is 424 g/mol.